The number of ketones is 1. The number of carbonyl (C=O) groups is 2. The molecule has 1 aromatic heterocycles. The minimum Gasteiger partial charge on any atom is -0.338 e. The van der Waals surface area contributed by atoms with Gasteiger partial charge in [0, 0.05) is 43.1 Å². The van der Waals surface area contributed by atoms with Gasteiger partial charge in [0.05, 0.1) is 6.54 Å². The molecule has 6 nitrogen and oxygen atoms in total. The number of hydrogen-bond acceptors (Lipinski definition) is 4. The van der Waals surface area contributed by atoms with Gasteiger partial charge in [0.15, 0.2) is 0 Å². The number of urea groups is 1. The number of rotatable bonds is 6. The lowest BCUT2D eigenvalue weighted by Gasteiger charge is -2.46. The normalized spacial score (nSPS) is 19.2. The van der Waals surface area contributed by atoms with Crippen molar-refractivity contribution in [2.24, 2.45) is 0 Å². The van der Waals surface area contributed by atoms with E-state index in [4.69, 9.17) is 4.98 Å². The van der Waals surface area contributed by atoms with Crippen LogP contribution in [0.2, 0.25) is 0 Å². The lowest BCUT2D eigenvalue weighted by Crippen LogP contribution is -2.62. The van der Waals surface area contributed by atoms with E-state index in [0.717, 1.165) is 37.9 Å². The van der Waals surface area contributed by atoms with Gasteiger partial charge in [-0.25, -0.2) is 4.79 Å². The highest BCUT2D eigenvalue weighted by Gasteiger charge is 2.35. The first-order valence-corrected chi connectivity index (χ1v) is 10.6. The van der Waals surface area contributed by atoms with Crippen LogP contribution in [0.25, 0.3) is 0 Å². The van der Waals surface area contributed by atoms with Gasteiger partial charge < -0.3 is 10.2 Å². The van der Waals surface area contributed by atoms with E-state index in [1.54, 1.807) is 6.92 Å². The molecule has 0 unspecified atom stereocenters. The van der Waals surface area contributed by atoms with Crippen molar-refractivity contribution in [3.8, 4) is 0 Å². The van der Waals surface area contributed by atoms with Gasteiger partial charge in [-0.3, -0.25) is 14.7 Å². The van der Waals surface area contributed by atoms with Crippen molar-refractivity contribution in [3.63, 3.8) is 0 Å². The second kappa shape index (κ2) is 9.03. The number of piperazine rings is 1. The van der Waals surface area contributed by atoms with Crippen molar-refractivity contribution in [3.05, 3.63) is 29.1 Å². The number of nitrogens with zero attached hydrogens (tertiary/aromatic N) is 3. The lowest BCUT2D eigenvalue weighted by atomic mass is 9.95. The Morgan fingerprint density at radius 1 is 1.18 bits per heavy atom. The third-order valence-corrected chi connectivity index (χ3v) is 5.90. The van der Waals surface area contributed by atoms with Gasteiger partial charge in [-0.05, 0) is 70.9 Å². The van der Waals surface area contributed by atoms with Gasteiger partial charge >= 0.3 is 6.03 Å². The third-order valence-electron chi connectivity index (χ3n) is 5.90. The van der Waals surface area contributed by atoms with Crippen LogP contribution < -0.4 is 5.32 Å². The monoisotopic (exact) mass is 386 g/mol. The Hall–Kier alpha value is -1.95. The molecule has 1 aliphatic heterocycles. The van der Waals surface area contributed by atoms with E-state index in [9.17, 15) is 9.59 Å². The predicted octanol–water partition coefficient (Wildman–Crippen LogP) is 2.59. The minimum absolute atomic E-state index is 0.00560. The average Bonchev–Trinajstić information content (AvgIpc) is 2.66. The molecule has 6 heteroatoms. The number of aromatic nitrogens is 1. The molecule has 0 atom stereocenters. The first-order valence-electron chi connectivity index (χ1n) is 10.6. The molecule has 2 heterocycles. The Labute approximate surface area is 168 Å². The molecule has 3 rings (SSSR count). The van der Waals surface area contributed by atoms with E-state index in [0.29, 0.717) is 26.2 Å². The Morgan fingerprint density at radius 2 is 1.96 bits per heavy atom. The Morgan fingerprint density at radius 3 is 2.71 bits per heavy atom. The highest BCUT2D eigenvalue weighted by molar-refractivity contribution is 5.78. The summed E-state index contributed by atoms with van der Waals surface area (Å²) in [6, 6.07) is 4.37. The van der Waals surface area contributed by atoms with Crippen LogP contribution in [0.15, 0.2) is 12.1 Å². The van der Waals surface area contributed by atoms with Crippen LogP contribution in [0.5, 0.6) is 0 Å². The number of aryl methyl sites for hydroxylation is 3. The zero-order chi connectivity index (χ0) is 20.1. The SMILES string of the molecule is CC(=O)CN1CCN(C(=O)NCCCc2ccc3c(n2)CCCC3)CC1(C)C. The van der Waals surface area contributed by atoms with E-state index in [2.05, 4.69) is 36.2 Å². The van der Waals surface area contributed by atoms with Crippen LogP contribution in [0.3, 0.4) is 0 Å². The molecule has 28 heavy (non-hydrogen) atoms. The maximum atomic E-state index is 12.5. The molecule has 1 aliphatic carbocycles. The molecule has 2 amide bonds. The standard InChI is InChI=1S/C22H34N4O2/c1-17(27)15-26-14-13-25(16-22(26,2)3)21(28)23-12-6-8-19-11-10-18-7-4-5-9-20(18)24-19/h10-11H,4-9,12-16H2,1-3H3,(H,23,28). The Kier molecular flexibility index (Phi) is 6.70. The molecule has 1 aromatic rings. The summed E-state index contributed by atoms with van der Waals surface area (Å²) in [6.07, 6.45) is 6.58. The van der Waals surface area contributed by atoms with Crippen LogP contribution in [0.4, 0.5) is 4.79 Å². The van der Waals surface area contributed by atoms with Gasteiger partial charge in [0.1, 0.15) is 5.78 Å². The van der Waals surface area contributed by atoms with Gasteiger partial charge in [-0.15, -0.1) is 0 Å². The number of nitrogens with one attached hydrogen (secondary N) is 1. The zero-order valence-corrected chi connectivity index (χ0v) is 17.6. The summed E-state index contributed by atoms with van der Waals surface area (Å²) >= 11 is 0. The van der Waals surface area contributed by atoms with E-state index in [1.165, 1.54) is 24.1 Å². The maximum absolute atomic E-state index is 12.5. The molecule has 154 valence electrons. The summed E-state index contributed by atoms with van der Waals surface area (Å²) in [5, 5.41) is 3.05. The molecule has 0 radical (unpaired) electrons. The lowest BCUT2D eigenvalue weighted by molar-refractivity contribution is -0.120. The van der Waals surface area contributed by atoms with E-state index < -0.39 is 0 Å². The summed E-state index contributed by atoms with van der Waals surface area (Å²) in [6.45, 7) is 8.95. The zero-order valence-electron chi connectivity index (χ0n) is 17.6. The first-order chi connectivity index (χ1) is 13.3. The molecule has 1 N–H and O–H groups in total. The van der Waals surface area contributed by atoms with Crippen molar-refractivity contribution >= 4 is 11.8 Å². The topological polar surface area (TPSA) is 65.5 Å². The van der Waals surface area contributed by atoms with Crippen LogP contribution >= 0.6 is 0 Å². The summed E-state index contributed by atoms with van der Waals surface area (Å²) in [4.78, 5) is 32.8. The Bertz CT molecular complexity index is 716. The fourth-order valence-corrected chi connectivity index (χ4v) is 4.27. The molecular weight excluding hydrogens is 352 g/mol. The van der Waals surface area contributed by atoms with Crippen LogP contribution in [0.1, 0.15) is 57.0 Å². The van der Waals surface area contributed by atoms with Crippen LogP contribution in [-0.4, -0.2) is 64.9 Å². The van der Waals surface area contributed by atoms with Crippen molar-refractivity contribution in [1.82, 2.24) is 20.1 Å². The largest absolute Gasteiger partial charge is 0.338 e. The average molecular weight is 387 g/mol. The van der Waals surface area contributed by atoms with Crippen molar-refractivity contribution < 1.29 is 9.59 Å². The molecule has 0 aromatic carbocycles. The molecule has 2 aliphatic rings. The second-order valence-corrected chi connectivity index (χ2v) is 8.81. The number of pyridine rings is 1. The second-order valence-electron chi connectivity index (χ2n) is 8.81. The first kappa shape index (κ1) is 20.8. The molecule has 0 bridgehead atoms. The third kappa shape index (κ3) is 5.31. The summed E-state index contributed by atoms with van der Waals surface area (Å²) in [7, 11) is 0. The highest BCUT2D eigenvalue weighted by atomic mass is 16.2. The number of hydrogen-bond donors (Lipinski definition) is 1. The molecule has 0 saturated carbocycles. The van der Waals surface area contributed by atoms with Crippen molar-refractivity contribution in [2.75, 3.05) is 32.7 Å². The minimum atomic E-state index is -0.186. The Balaban J connectivity index is 1.42. The van der Waals surface area contributed by atoms with Crippen molar-refractivity contribution in [2.45, 2.75) is 64.8 Å². The molecule has 0 spiro atoms. The number of fused-ring (bicyclic) bond motifs is 1. The highest BCUT2D eigenvalue weighted by Crippen LogP contribution is 2.21. The fourth-order valence-electron chi connectivity index (χ4n) is 4.27. The van der Waals surface area contributed by atoms with Gasteiger partial charge in [0.2, 0.25) is 0 Å². The van der Waals surface area contributed by atoms with Gasteiger partial charge in [-0.1, -0.05) is 6.07 Å². The maximum Gasteiger partial charge on any atom is 0.317 e. The number of carbonyl (C=O) groups excluding carboxylic acids is 2. The quantitative estimate of drug-likeness (QED) is 0.763. The smallest absolute Gasteiger partial charge is 0.317 e. The van der Waals surface area contributed by atoms with Crippen LogP contribution in [-0.2, 0) is 24.1 Å². The molecule has 1 saturated heterocycles. The number of Topliss-reactive ketones (excluding diaryl/α,β-unsaturated/α-hetero) is 1. The van der Waals surface area contributed by atoms with E-state index in [1.807, 2.05) is 4.90 Å². The fraction of sp³-hybridized carbons (Fsp3) is 0.682. The van der Waals surface area contributed by atoms with Gasteiger partial charge in [-0.2, -0.15) is 0 Å². The number of amides is 2. The van der Waals surface area contributed by atoms with Crippen LogP contribution in [0, 0.1) is 0 Å². The van der Waals surface area contributed by atoms with E-state index >= 15 is 0 Å². The van der Waals surface area contributed by atoms with Crippen molar-refractivity contribution in [1.29, 1.82) is 0 Å². The summed E-state index contributed by atoms with van der Waals surface area (Å²) < 4.78 is 0. The molecule has 1 fully saturated rings. The van der Waals surface area contributed by atoms with E-state index in [-0.39, 0.29) is 17.4 Å². The predicted molar refractivity (Wildman–Crippen MR) is 111 cm³/mol. The summed E-state index contributed by atoms with van der Waals surface area (Å²) in [5.41, 5.74) is 3.64. The van der Waals surface area contributed by atoms with Gasteiger partial charge in [0.25, 0.3) is 0 Å². The molecular formula is C22H34N4O2. The summed E-state index contributed by atoms with van der Waals surface area (Å²) in [5.74, 6) is 0.168.